The van der Waals surface area contributed by atoms with E-state index in [0.29, 0.717) is 5.82 Å². The third-order valence-corrected chi connectivity index (χ3v) is 3.38. The number of fused-ring (bicyclic) bond motifs is 1. The van der Waals surface area contributed by atoms with Crippen molar-refractivity contribution in [1.29, 1.82) is 0 Å². The second-order valence-electron chi connectivity index (χ2n) is 4.74. The Morgan fingerprint density at radius 1 is 1.29 bits per heavy atom. The lowest BCUT2D eigenvalue weighted by Crippen LogP contribution is -1.97. The molecule has 0 radical (unpaired) electrons. The van der Waals surface area contributed by atoms with Gasteiger partial charge in [-0.2, -0.15) is 5.10 Å². The van der Waals surface area contributed by atoms with Crippen LogP contribution in [0.25, 0.3) is 22.4 Å². The number of carboxylic acid groups (broad SMARTS) is 1. The molecule has 1 N–H and O–H groups in total. The molecule has 1 aromatic carbocycles. The van der Waals surface area contributed by atoms with Crippen LogP contribution in [0.2, 0.25) is 0 Å². The minimum Gasteiger partial charge on any atom is -0.478 e. The van der Waals surface area contributed by atoms with E-state index >= 15 is 0 Å². The third kappa shape index (κ3) is 2.24. The second-order valence-corrected chi connectivity index (χ2v) is 4.74. The minimum absolute atomic E-state index is 0.244. The van der Waals surface area contributed by atoms with Crippen molar-refractivity contribution >= 4 is 17.0 Å². The number of nitrogens with zero attached hydrogens (tertiary/aromatic N) is 4. The molecule has 2 aromatic heterocycles. The Morgan fingerprint density at radius 2 is 2.00 bits per heavy atom. The van der Waals surface area contributed by atoms with Gasteiger partial charge >= 0.3 is 5.97 Å². The summed E-state index contributed by atoms with van der Waals surface area (Å²) in [4.78, 5) is 19.8. The summed E-state index contributed by atoms with van der Waals surface area (Å²) in [5.41, 5.74) is 2.77. The summed E-state index contributed by atoms with van der Waals surface area (Å²) in [7, 11) is 1.85. The van der Waals surface area contributed by atoms with Gasteiger partial charge in [0, 0.05) is 18.8 Å². The lowest BCUT2D eigenvalue weighted by molar-refractivity contribution is 0.0697. The van der Waals surface area contributed by atoms with Gasteiger partial charge in [-0.25, -0.2) is 14.8 Å². The van der Waals surface area contributed by atoms with Crippen molar-refractivity contribution < 1.29 is 9.90 Å². The van der Waals surface area contributed by atoms with Crippen molar-refractivity contribution in [3.63, 3.8) is 0 Å². The zero-order valence-electron chi connectivity index (χ0n) is 11.7. The topological polar surface area (TPSA) is 80.9 Å². The number of aromatic carboxylic acids is 1. The molecule has 2 heterocycles. The summed E-state index contributed by atoms with van der Waals surface area (Å²) < 4.78 is 1.74. The van der Waals surface area contributed by atoms with E-state index in [0.717, 1.165) is 28.7 Å². The lowest BCUT2D eigenvalue weighted by atomic mass is 10.1. The van der Waals surface area contributed by atoms with E-state index < -0.39 is 5.97 Å². The minimum atomic E-state index is -0.947. The first kappa shape index (κ1) is 13.2. The zero-order chi connectivity index (χ0) is 15.0. The summed E-state index contributed by atoms with van der Waals surface area (Å²) in [6, 6.07) is 6.52. The highest BCUT2D eigenvalue weighted by molar-refractivity contribution is 5.88. The average Bonchev–Trinajstić information content (AvgIpc) is 2.83. The van der Waals surface area contributed by atoms with Crippen LogP contribution in [-0.2, 0) is 13.5 Å². The predicted molar refractivity (Wildman–Crippen MR) is 78.1 cm³/mol. The highest BCUT2D eigenvalue weighted by Crippen LogP contribution is 2.21. The van der Waals surface area contributed by atoms with Crippen LogP contribution in [0, 0.1) is 0 Å². The molecule has 3 rings (SSSR count). The van der Waals surface area contributed by atoms with Crippen LogP contribution in [0.5, 0.6) is 0 Å². The normalized spacial score (nSPS) is 11.0. The maximum absolute atomic E-state index is 10.9. The first-order valence-corrected chi connectivity index (χ1v) is 6.62. The number of hydrogen-bond acceptors (Lipinski definition) is 4. The van der Waals surface area contributed by atoms with Crippen LogP contribution in [0.3, 0.4) is 0 Å². The molecule has 0 spiro atoms. The van der Waals surface area contributed by atoms with Crippen molar-refractivity contribution in [2.75, 3.05) is 0 Å². The van der Waals surface area contributed by atoms with E-state index in [1.807, 2.05) is 14.0 Å². The SMILES string of the molecule is CCc1nn(C)c2nc(-c3ccc(C(=O)O)cc3)ncc12. The van der Waals surface area contributed by atoms with Gasteiger partial charge in [0.1, 0.15) is 0 Å². The Balaban J connectivity index is 2.08. The molecule has 6 heteroatoms. The molecule has 0 atom stereocenters. The molecule has 0 amide bonds. The van der Waals surface area contributed by atoms with Gasteiger partial charge in [-0.05, 0) is 18.6 Å². The largest absolute Gasteiger partial charge is 0.478 e. The van der Waals surface area contributed by atoms with E-state index in [1.165, 1.54) is 0 Å². The van der Waals surface area contributed by atoms with Gasteiger partial charge < -0.3 is 5.11 Å². The van der Waals surface area contributed by atoms with Crippen molar-refractivity contribution in [2.24, 2.45) is 7.05 Å². The molecule has 21 heavy (non-hydrogen) atoms. The maximum Gasteiger partial charge on any atom is 0.335 e. The summed E-state index contributed by atoms with van der Waals surface area (Å²) >= 11 is 0. The number of aryl methyl sites for hydroxylation is 2. The summed E-state index contributed by atoms with van der Waals surface area (Å²) in [6.45, 7) is 2.04. The van der Waals surface area contributed by atoms with Crippen molar-refractivity contribution in [1.82, 2.24) is 19.7 Å². The number of carboxylic acids is 1. The lowest BCUT2D eigenvalue weighted by Gasteiger charge is -2.02. The fourth-order valence-corrected chi connectivity index (χ4v) is 2.27. The van der Waals surface area contributed by atoms with E-state index in [9.17, 15) is 4.79 Å². The summed E-state index contributed by atoms with van der Waals surface area (Å²) in [5.74, 6) is -0.387. The van der Waals surface area contributed by atoms with Gasteiger partial charge in [0.25, 0.3) is 0 Å². The molecule has 0 bridgehead atoms. The number of rotatable bonds is 3. The highest BCUT2D eigenvalue weighted by atomic mass is 16.4. The summed E-state index contributed by atoms with van der Waals surface area (Å²) in [6.07, 6.45) is 2.60. The van der Waals surface area contributed by atoms with Crippen LogP contribution in [0.15, 0.2) is 30.5 Å². The molecule has 3 aromatic rings. The molecule has 6 nitrogen and oxygen atoms in total. The van der Waals surface area contributed by atoms with Gasteiger partial charge in [-0.15, -0.1) is 0 Å². The average molecular weight is 282 g/mol. The Bertz CT molecular complexity index is 822. The van der Waals surface area contributed by atoms with E-state index in [4.69, 9.17) is 5.11 Å². The molecule has 0 saturated heterocycles. The number of benzene rings is 1. The molecular formula is C15H14N4O2. The first-order valence-electron chi connectivity index (χ1n) is 6.62. The monoisotopic (exact) mass is 282 g/mol. The van der Waals surface area contributed by atoms with Crippen molar-refractivity contribution in [3.8, 4) is 11.4 Å². The second kappa shape index (κ2) is 4.97. The molecule has 0 aliphatic heterocycles. The highest BCUT2D eigenvalue weighted by Gasteiger charge is 2.11. The molecule has 0 aliphatic carbocycles. The molecule has 106 valence electrons. The standard InChI is InChI=1S/C15H14N4O2/c1-3-12-11-8-16-13(17-14(11)19(2)18-12)9-4-6-10(7-5-9)15(20)21/h4-8H,3H2,1-2H3,(H,20,21). The van der Waals surface area contributed by atoms with Crippen molar-refractivity contribution in [3.05, 3.63) is 41.7 Å². The Labute approximate surface area is 121 Å². The van der Waals surface area contributed by atoms with Crippen LogP contribution in [-0.4, -0.2) is 30.8 Å². The van der Waals surface area contributed by atoms with E-state index in [-0.39, 0.29) is 5.56 Å². The Morgan fingerprint density at radius 3 is 2.62 bits per heavy atom. The number of carbonyl (C=O) groups is 1. The van der Waals surface area contributed by atoms with E-state index in [2.05, 4.69) is 15.1 Å². The van der Waals surface area contributed by atoms with Crippen molar-refractivity contribution in [2.45, 2.75) is 13.3 Å². The predicted octanol–water partition coefficient (Wildman–Crippen LogP) is 2.29. The van der Waals surface area contributed by atoms with Gasteiger partial charge in [0.2, 0.25) is 0 Å². The molecule has 0 fully saturated rings. The Kier molecular flexibility index (Phi) is 3.13. The molecular weight excluding hydrogens is 268 g/mol. The van der Waals surface area contributed by atoms with Crippen LogP contribution < -0.4 is 0 Å². The number of hydrogen-bond donors (Lipinski definition) is 1. The Hall–Kier alpha value is -2.76. The van der Waals surface area contributed by atoms with Gasteiger partial charge in [-0.3, -0.25) is 4.68 Å². The third-order valence-electron chi connectivity index (χ3n) is 3.38. The summed E-state index contributed by atoms with van der Waals surface area (Å²) in [5, 5.41) is 14.3. The van der Waals surface area contributed by atoms with Crippen LogP contribution in [0.1, 0.15) is 23.0 Å². The van der Waals surface area contributed by atoms with Crippen LogP contribution >= 0.6 is 0 Å². The fourth-order valence-electron chi connectivity index (χ4n) is 2.27. The first-order chi connectivity index (χ1) is 10.1. The maximum atomic E-state index is 10.9. The fraction of sp³-hybridized carbons (Fsp3) is 0.200. The smallest absolute Gasteiger partial charge is 0.335 e. The van der Waals surface area contributed by atoms with Gasteiger partial charge in [0.15, 0.2) is 11.5 Å². The number of aromatic nitrogens is 4. The zero-order valence-corrected chi connectivity index (χ0v) is 11.7. The van der Waals surface area contributed by atoms with Gasteiger partial charge in [-0.1, -0.05) is 19.1 Å². The quantitative estimate of drug-likeness (QED) is 0.797. The molecule has 0 saturated carbocycles. The molecule has 0 unspecified atom stereocenters. The molecule has 0 aliphatic rings. The van der Waals surface area contributed by atoms with Crippen LogP contribution in [0.4, 0.5) is 0 Å². The van der Waals surface area contributed by atoms with E-state index in [1.54, 1.807) is 35.1 Å². The van der Waals surface area contributed by atoms with Gasteiger partial charge in [0.05, 0.1) is 16.6 Å².